The normalized spacial score (nSPS) is 14.2. The maximum absolute atomic E-state index is 13.7. The Morgan fingerprint density at radius 3 is 2.30 bits per heavy atom. The molecule has 2 aromatic carbocycles. The van der Waals surface area contributed by atoms with Gasteiger partial charge in [0.05, 0.1) is 14.2 Å². The third-order valence-electron chi connectivity index (χ3n) is 4.91. The van der Waals surface area contributed by atoms with Gasteiger partial charge in [0.15, 0.2) is 11.6 Å². The highest BCUT2D eigenvalue weighted by atomic mass is 19.1. The second-order valence-electron chi connectivity index (χ2n) is 6.53. The maximum atomic E-state index is 13.7. The Kier molecular flexibility index (Phi) is 6.16. The topological polar surface area (TPSA) is 42.0 Å². The quantitative estimate of drug-likeness (QED) is 0.781. The van der Waals surface area contributed by atoms with E-state index in [0.29, 0.717) is 25.9 Å². The fourth-order valence-electron chi connectivity index (χ4n) is 3.28. The number of aryl methyl sites for hydroxylation is 1. The van der Waals surface area contributed by atoms with E-state index in [1.54, 1.807) is 19.2 Å². The van der Waals surface area contributed by atoms with E-state index in [1.165, 1.54) is 13.2 Å². The van der Waals surface area contributed by atoms with Gasteiger partial charge in [0.1, 0.15) is 5.75 Å². The molecule has 0 aromatic heterocycles. The minimum atomic E-state index is -0.393. The van der Waals surface area contributed by atoms with Crippen LogP contribution in [0.4, 0.5) is 10.1 Å². The van der Waals surface area contributed by atoms with Crippen molar-refractivity contribution in [2.24, 2.45) is 0 Å². The summed E-state index contributed by atoms with van der Waals surface area (Å²) in [5.41, 5.74) is 1.94. The molecular formula is C21H25FN2O3. The minimum Gasteiger partial charge on any atom is -0.497 e. The van der Waals surface area contributed by atoms with Gasteiger partial charge in [-0.3, -0.25) is 4.79 Å². The number of methoxy groups -OCH3 is 2. The molecule has 0 saturated carbocycles. The van der Waals surface area contributed by atoms with Crippen molar-refractivity contribution in [3.63, 3.8) is 0 Å². The minimum absolute atomic E-state index is 0.112. The molecule has 1 aliphatic heterocycles. The summed E-state index contributed by atoms with van der Waals surface area (Å²) in [6.45, 7) is 2.99. The summed E-state index contributed by atoms with van der Waals surface area (Å²) >= 11 is 0. The molecule has 27 heavy (non-hydrogen) atoms. The lowest BCUT2D eigenvalue weighted by Gasteiger charge is -2.36. The highest BCUT2D eigenvalue weighted by molar-refractivity contribution is 5.76. The molecule has 144 valence electrons. The number of halogens is 1. The van der Waals surface area contributed by atoms with Crippen LogP contribution in [0.2, 0.25) is 0 Å². The molecule has 1 fully saturated rings. The van der Waals surface area contributed by atoms with Crippen molar-refractivity contribution in [2.45, 2.75) is 12.8 Å². The van der Waals surface area contributed by atoms with Gasteiger partial charge in [-0.15, -0.1) is 0 Å². The van der Waals surface area contributed by atoms with Gasteiger partial charge in [0.25, 0.3) is 0 Å². The molecule has 1 heterocycles. The second kappa shape index (κ2) is 8.75. The van der Waals surface area contributed by atoms with Gasteiger partial charge in [0, 0.05) is 38.3 Å². The molecule has 2 aromatic rings. The van der Waals surface area contributed by atoms with E-state index in [1.807, 2.05) is 29.2 Å². The number of nitrogens with zero attached hydrogens (tertiary/aromatic N) is 2. The fourth-order valence-corrected chi connectivity index (χ4v) is 3.28. The predicted molar refractivity (Wildman–Crippen MR) is 103 cm³/mol. The lowest BCUT2D eigenvalue weighted by atomic mass is 10.1. The average molecular weight is 372 g/mol. The van der Waals surface area contributed by atoms with Crippen LogP contribution in [0, 0.1) is 5.82 Å². The summed E-state index contributed by atoms with van der Waals surface area (Å²) in [4.78, 5) is 16.6. The molecule has 6 heteroatoms. The SMILES string of the molecule is COc1ccc(N2CCN(C(=O)CCc3ccc(OC)c(F)c3)CC2)cc1. The molecule has 1 aliphatic rings. The van der Waals surface area contributed by atoms with Crippen LogP contribution < -0.4 is 14.4 Å². The number of hydrogen-bond acceptors (Lipinski definition) is 4. The van der Waals surface area contributed by atoms with Crippen LogP contribution >= 0.6 is 0 Å². The predicted octanol–water partition coefficient (Wildman–Crippen LogP) is 3.12. The Labute approximate surface area is 159 Å². The van der Waals surface area contributed by atoms with E-state index in [2.05, 4.69) is 4.90 Å². The fraction of sp³-hybridized carbons (Fsp3) is 0.381. The summed E-state index contributed by atoms with van der Waals surface area (Å²) < 4.78 is 23.9. The Bertz CT molecular complexity index is 771. The molecule has 1 saturated heterocycles. The van der Waals surface area contributed by atoms with E-state index in [9.17, 15) is 9.18 Å². The molecule has 0 atom stereocenters. The van der Waals surface area contributed by atoms with Gasteiger partial charge in [-0.25, -0.2) is 4.39 Å². The Morgan fingerprint density at radius 1 is 1.00 bits per heavy atom. The number of carbonyl (C=O) groups is 1. The lowest BCUT2D eigenvalue weighted by molar-refractivity contribution is -0.131. The zero-order chi connectivity index (χ0) is 19.2. The van der Waals surface area contributed by atoms with Gasteiger partial charge < -0.3 is 19.3 Å². The summed E-state index contributed by atoms with van der Waals surface area (Å²) in [7, 11) is 3.09. The van der Waals surface area contributed by atoms with Crippen LogP contribution in [0.1, 0.15) is 12.0 Å². The molecule has 0 radical (unpaired) electrons. The van der Waals surface area contributed by atoms with E-state index < -0.39 is 5.82 Å². The van der Waals surface area contributed by atoms with Crippen LogP contribution in [0.25, 0.3) is 0 Å². The Balaban J connectivity index is 1.48. The summed E-state index contributed by atoms with van der Waals surface area (Å²) in [6.07, 6.45) is 0.909. The van der Waals surface area contributed by atoms with Crippen LogP contribution in [0.15, 0.2) is 42.5 Å². The van der Waals surface area contributed by atoms with Gasteiger partial charge in [-0.1, -0.05) is 6.07 Å². The van der Waals surface area contributed by atoms with Gasteiger partial charge >= 0.3 is 0 Å². The van der Waals surface area contributed by atoms with Crippen LogP contribution in [0.3, 0.4) is 0 Å². The van der Waals surface area contributed by atoms with Crippen LogP contribution in [0.5, 0.6) is 11.5 Å². The molecule has 0 unspecified atom stereocenters. The second-order valence-corrected chi connectivity index (χ2v) is 6.53. The largest absolute Gasteiger partial charge is 0.497 e. The third kappa shape index (κ3) is 4.70. The summed E-state index contributed by atoms with van der Waals surface area (Å²) in [5, 5.41) is 0. The highest BCUT2D eigenvalue weighted by Crippen LogP contribution is 2.21. The first kappa shape index (κ1) is 19.0. The van der Waals surface area contributed by atoms with E-state index in [0.717, 1.165) is 30.1 Å². The number of amides is 1. The molecular weight excluding hydrogens is 347 g/mol. The van der Waals surface area contributed by atoms with E-state index in [-0.39, 0.29) is 11.7 Å². The summed E-state index contributed by atoms with van der Waals surface area (Å²) in [6, 6.07) is 12.8. The van der Waals surface area contributed by atoms with Crippen molar-refractivity contribution in [1.29, 1.82) is 0 Å². The smallest absolute Gasteiger partial charge is 0.223 e. The van der Waals surface area contributed by atoms with Crippen LogP contribution in [-0.2, 0) is 11.2 Å². The van der Waals surface area contributed by atoms with Crippen molar-refractivity contribution in [2.75, 3.05) is 45.3 Å². The molecule has 0 spiro atoms. The number of rotatable bonds is 6. The molecule has 0 N–H and O–H groups in total. The van der Waals surface area contributed by atoms with Crippen LogP contribution in [-0.4, -0.2) is 51.2 Å². The van der Waals surface area contributed by atoms with Gasteiger partial charge in [-0.2, -0.15) is 0 Å². The molecule has 0 aliphatic carbocycles. The zero-order valence-electron chi connectivity index (χ0n) is 15.8. The number of anilines is 1. The maximum Gasteiger partial charge on any atom is 0.223 e. The Morgan fingerprint density at radius 2 is 1.70 bits per heavy atom. The standard InChI is InChI=1S/C21H25FN2O3/c1-26-18-7-5-17(6-8-18)23-11-13-24(14-12-23)21(25)10-4-16-3-9-20(27-2)19(22)15-16/h3,5-9,15H,4,10-14H2,1-2H3. The van der Waals surface area contributed by atoms with Crippen molar-refractivity contribution in [3.8, 4) is 11.5 Å². The number of piperazine rings is 1. The first-order valence-corrected chi connectivity index (χ1v) is 9.10. The van der Waals surface area contributed by atoms with Gasteiger partial charge in [0.2, 0.25) is 5.91 Å². The first-order chi connectivity index (χ1) is 13.1. The molecule has 5 nitrogen and oxygen atoms in total. The van der Waals surface area contributed by atoms with Gasteiger partial charge in [-0.05, 0) is 48.4 Å². The molecule has 0 bridgehead atoms. The zero-order valence-corrected chi connectivity index (χ0v) is 15.8. The number of ether oxygens (including phenoxy) is 2. The third-order valence-corrected chi connectivity index (χ3v) is 4.91. The molecule has 1 amide bonds. The monoisotopic (exact) mass is 372 g/mol. The number of carbonyl (C=O) groups excluding carboxylic acids is 1. The van der Waals surface area contributed by atoms with Crippen molar-refractivity contribution < 1.29 is 18.7 Å². The number of benzene rings is 2. The van der Waals surface area contributed by atoms with E-state index in [4.69, 9.17) is 9.47 Å². The average Bonchev–Trinajstić information content (AvgIpc) is 2.72. The Hall–Kier alpha value is -2.76. The van der Waals surface area contributed by atoms with Crippen molar-refractivity contribution >= 4 is 11.6 Å². The molecule has 3 rings (SSSR count). The number of hydrogen-bond donors (Lipinski definition) is 0. The van der Waals surface area contributed by atoms with Crippen molar-refractivity contribution in [3.05, 3.63) is 53.8 Å². The summed E-state index contributed by atoms with van der Waals surface area (Å²) in [5.74, 6) is 0.776. The van der Waals surface area contributed by atoms with E-state index >= 15 is 0 Å². The highest BCUT2D eigenvalue weighted by Gasteiger charge is 2.21. The first-order valence-electron chi connectivity index (χ1n) is 9.10. The lowest BCUT2D eigenvalue weighted by Crippen LogP contribution is -2.48. The van der Waals surface area contributed by atoms with Crippen molar-refractivity contribution in [1.82, 2.24) is 4.90 Å².